The number of rotatable bonds is 4. The normalized spacial score (nSPS) is 13.9. The van der Waals surface area contributed by atoms with E-state index < -0.39 is 5.82 Å². The van der Waals surface area contributed by atoms with Crippen LogP contribution in [0.15, 0.2) is 72.5 Å². The van der Waals surface area contributed by atoms with Crippen LogP contribution in [0.4, 0.5) is 10.3 Å². The maximum absolute atomic E-state index is 13.5. The number of aromatic nitrogens is 3. The molecule has 0 spiro atoms. The number of amides is 1. The summed E-state index contributed by atoms with van der Waals surface area (Å²) in [6.45, 7) is 2.28. The molecule has 4 heterocycles. The molecule has 3 aromatic heterocycles. The highest BCUT2D eigenvalue weighted by molar-refractivity contribution is 7.13. The maximum atomic E-state index is 13.5. The Bertz CT molecular complexity index is 1220. The summed E-state index contributed by atoms with van der Waals surface area (Å²) in [5.74, 6) is 0.0831. The fraction of sp³-hybridized carbons (Fsp3) is 0.167. The minimum absolute atomic E-state index is 0.155. The van der Waals surface area contributed by atoms with Gasteiger partial charge in [-0.2, -0.15) is 0 Å². The van der Waals surface area contributed by atoms with Gasteiger partial charge in [-0.05, 0) is 47.3 Å². The molecule has 1 fully saturated rings. The van der Waals surface area contributed by atoms with Crippen LogP contribution in [0.3, 0.4) is 0 Å². The number of carbonyl (C=O) groups is 1. The fourth-order valence-corrected chi connectivity index (χ4v) is 4.51. The molecular weight excluding hydrogens is 425 g/mol. The molecule has 1 aliphatic heterocycles. The van der Waals surface area contributed by atoms with Gasteiger partial charge in [0.25, 0.3) is 5.91 Å². The van der Waals surface area contributed by atoms with Crippen molar-refractivity contribution in [2.24, 2.45) is 0 Å². The summed E-state index contributed by atoms with van der Waals surface area (Å²) in [6.07, 6.45) is 5.38. The van der Waals surface area contributed by atoms with Crippen molar-refractivity contribution in [2.75, 3.05) is 31.1 Å². The van der Waals surface area contributed by atoms with Crippen molar-refractivity contribution in [1.82, 2.24) is 19.9 Å². The Morgan fingerprint density at radius 2 is 1.81 bits per heavy atom. The van der Waals surface area contributed by atoms with Gasteiger partial charge in [-0.15, -0.1) is 11.3 Å². The van der Waals surface area contributed by atoms with Crippen LogP contribution >= 0.6 is 11.3 Å². The first-order chi connectivity index (χ1) is 15.7. The van der Waals surface area contributed by atoms with Crippen molar-refractivity contribution >= 4 is 23.2 Å². The van der Waals surface area contributed by atoms with E-state index in [1.165, 1.54) is 12.1 Å². The van der Waals surface area contributed by atoms with Gasteiger partial charge in [0.2, 0.25) is 5.95 Å². The monoisotopic (exact) mass is 445 g/mol. The summed E-state index contributed by atoms with van der Waals surface area (Å²) in [7, 11) is 0. The van der Waals surface area contributed by atoms with Crippen LogP contribution in [-0.2, 0) is 0 Å². The zero-order valence-corrected chi connectivity index (χ0v) is 18.0. The van der Waals surface area contributed by atoms with E-state index in [-0.39, 0.29) is 5.91 Å². The Kier molecular flexibility index (Phi) is 5.60. The molecule has 1 amide bonds. The van der Waals surface area contributed by atoms with Gasteiger partial charge in [-0.3, -0.25) is 9.78 Å². The smallest absolute Gasteiger partial charge is 0.254 e. The Morgan fingerprint density at radius 3 is 2.53 bits per heavy atom. The van der Waals surface area contributed by atoms with Gasteiger partial charge >= 0.3 is 0 Å². The average Bonchev–Trinajstić information content (AvgIpc) is 3.39. The summed E-state index contributed by atoms with van der Waals surface area (Å²) in [5, 5.41) is 2.03. The van der Waals surface area contributed by atoms with Crippen molar-refractivity contribution in [3.8, 4) is 21.7 Å². The number of benzene rings is 1. The third kappa shape index (κ3) is 4.09. The highest BCUT2D eigenvalue weighted by Crippen LogP contribution is 2.33. The highest BCUT2D eigenvalue weighted by Gasteiger charge is 2.24. The molecular formula is C24H20FN5OS. The van der Waals surface area contributed by atoms with Crippen LogP contribution in [0, 0.1) is 5.82 Å². The Balaban J connectivity index is 1.37. The molecule has 160 valence electrons. The van der Waals surface area contributed by atoms with E-state index >= 15 is 0 Å². The number of carbonyl (C=O) groups excluding carboxylic acids is 1. The Hall–Kier alpha value is -3.65. The molecule has 5 rings (SSSR count). The zero-order chi connectivity index (χ0) is 21.9. The Morgan fingerprint density at radius 1 is 1.00 bits per heavy atom. The molecule has 0 saturated carbocycles. The third-order valence-corrected chi connectivity index (χ3v) is 6.32. The average molecular weight is 446 g/mol. The molecule has 1 saturated heterocycles. The number of anilines is 1. The maximum Gasteiger partial charge on any atom is 0.254 e. The van der Waals surface area contributed by atoms with E-state index in [1.54, 1.807) is 40.8 Å². The second-order valence-electron chi connectivity index (χ2n) is 7.44. The van der Waals surface area contributed by atoms with Gasteiger partial charge in [-0.1, -0.05) is 12.1 Å². The standard InChI is InChI=1S/C24H20FN5OS/c25-19-4-1-3-18(15-19)23(31)29-10-12-30(13-11-29)24-27-16-20(17-6-8-26-9-7-17)22(28-24)21-5-2-14-32-21/h1-9,14-16H,10-13H2. The lowest BCUT2D eigenvalue weighted by molar-refractivity contribution is 0.0745. The van der Waals surface area contributed by atoms with Crippen molar-refractivity contribution in [3.63, 3.8) is 0 Å². The van der Waals surface area contributed by atoms with Crippen LogP contribution < -0.4 is 4.90 Å². The predicted molar refractivity (Wildman–Crippen MR) is 123 cm³/mol. The van der Waals surface area contributed by atoms with Crippen molar-refractivity contribution < 1.29 is 9.18 Å². The number of pyridine rings is 1. The molecule has 1 aliphatic rings. The molecule has 0 atom stereocenters. The Labute approximate surface area is 189 Å². The fourth-order valence-electron chi connectivity index (χ4n) is 3.78. The first kappa shape index (κ1) is 20.3. The SMILES string of the molecule is O=C(c1cccc(F)c1)N1CCN(c2ncc(-c3ccncc3)c(-c3cccs3)n2)CC1. The number of hydrogen-bond donors (Lipinski definition) is 0. The van der Waals surface area contributed by atoms with Gasteiger partial charge < -0.3 is 9.80 Å². The second-order valence-corrected chi connectivity index (χ2v) is 8.38. The second kappa shape index (κ2) is 8.84. The summed E-state index contributed by atoms with van der Waals surface area (Å²) in [4.78, 5) is 31.3. The molecule has 0 unspecified atom stereocenters. The molecule has 6 nitrogen and oxygen atoms in total. The number of hydrogen-bond acceptors (Lipinski definition) is 6. The van der Waals surface area contributed by atoms with Crippen molar-refractivity contribution in [3.05, 3.63) is 83.9 Å². The minimum atomic E-state index is -0.404. The van der Waals surface area contributed by atoms with Crippen molar-refractivity contribution in [2.45, 2.75) is 0 Å². The van der Waals surface area contributed by atoms with Gasteiger partial charge in [0.15, 0.2) is 0 Å². The van der Waals surface area contributed by atoms with Crippen LogP contribution in [0.2, 0.25) is 0 Å². The van der Waals surface area contributed by atoms with Gasteiger partial charge in [0.1, 0.15) is 5.82 Å². The molecule has 8 heteroatoms. The summed E-state index contributed by atoms with van der Waals surface area (Å²) >= 11 is 1.64. The quantitative estimate of drug-likeness (QED) is 0.467. The van der Waals surface area contributed by atoms with Gasteiger partial charge in [-0.25, -0.2) is 14.4 Å². The number of piperazine rings is 1. The largest absolute Gasteiger partial charge is 0.337 e. The van der Waals surface area contributed by atoms with Crippen LogP contribution in [0.1, 0.15) is 10.4 Å². The van der Waals surface area contributed by atoms with E-state index in [1.807, 2.05) is 29.8 Å². The van der Waals surface area contributed by atoms with Crippen LogP contribution in [0.25, 0.3) is 21.7 Å². The first-order valence-corrected chi connectivity index (χ1v) is 11.2. The lowest BCUT2D eigenvalue weighted by atomic mass is 10.1. The van der Waals surface area contributed by atoms with Gasteiger partial charge in [0, 0.05) is 55.9 Å². The number of thiophene rings is 1. The summed E-state index contributed by atoms with van der Waals surface area (Å²) in [5.41, 5.74) is 3.23. The van der Waals surface area contributed by atoms with Gasteiger partial charge in [0.05, 0.1) is 10.6 Å². The van der Waals surface area contributed by atoms with E-state index in [0.717, 1.165) is 21.7 Å². The van der Waals surface area contributed by atoms with E-state index in [0.29, 0.717) is 37.7 Å². The molecule has 0 radical (unpaired) electrons. The molecule has 0 N–H and O–H groups in total. The third-order valence-electron chi connectivity index (χ3n) is 5.44. The lowest BCUT2D eigenvalue weighted by Gasteiger charge is -2.35. The molecule has 4 aromatic rings. The van der Waals surface area contributed by atoms with Crippen molar-refractivity contribution in [1.29, 1.82) is 0 Å². The van der Waals surface area contributed by atoms with Crippen LogP contribution in [-0.4, -0.2) is 51.9 Å². The molecule has 1 aromatic carbocycles. The molecule has 0 bridgehead atoms. The first-order valence-electron chi connectivity index (χ1n) is 10.3. The van der Waals surface area contributed by atoms with E-state index in [4.69, 9.17) is 4.98 Å². The molecule has 32 heavy (non-hydrogen) atoms. The minimum Gasteiger partial charge on any atom is -0.337 e. The van der Waals surface area contributed by atoms with Crippen LogP contribution in [0.5, 0.6) is 0 Å². The predicted octanol–water partition coefficient (Wildman–Crippen LogP) is 4.37. The lowest BCUT2D eigenvalue weighted by Crippen LogP contribution is -2.49. The molecule has 0 aliphatic carbocycles. The van der Waals surface area contributed by atoms with E-state index in [2.05, 4.69) is 20.9 Å². The zero-order valence-electron chi connectivity index (χ0n) is 17.2. The summed E-state index contributed by atoms with van der Waals surface area (Å²) in [6, 6.07) is 13.8. The topological polar surface area (TPSA) is 62.2 Å². The summed E-state index contributed by atoms with van der Waals surface area (Å²) < 4.78 is 13.5. The number of halogens is 1. The number of nitrogens with zero attached hydrogens (tertiary/aromatic N) is 5. The van der Waals surface area contributed by atoms with E-state index in [9.17, 15) is 9.18 Å². The highest BCUT2D eigenvalue weighted by atomic mass is 32.1.